The lowest BCUT2D eigenvalue weighted by molar-refractivity contribution is -0.384. The molecule has 2 rings (SSSR count). The van der Waals surface area contributed by atoms with Crippen molar-refractivity contribution in [2.75, 3.05) is 6.61 Å². The molecule has 6 heteroatoms. The van der Waals surface area contributed by atoms with E-state index >= 15 is 0 Å². The Morgan fingerprint density at radius 3 is 3.00 bits per heavy atom. The number of hydrogen-bond donors (Lipinski definition) is 1. The molecule has 0 aliphatic carbocycles. The molecule has 1 unspecified atom stereocenters. The minimum absolute atomic E-state index is 0.0540. The zero-order valence-corrected chi connectivity index (χ0v) is 9.09. The van der Waals surface area contributed by atoms with Gasteiger partial charge >= 0.3 is 5.97 Å². The van der Waals surface area contributed by atoms with Gasteiger partial charge in [-0.3, -0.25) is 14.9 Å². The second kappa shape index (κ2) is 4.92. The fourth-order valence-electron chi connectivity index (χ4n) is 1.70. The summed E-state index contributed by atoms with van der Waals surface area (Å²) in [5.41, 5.74) is 0.831. The Balaban J connectivity index is 1.96. The highest BCUT2D eigenvalue weighted by molar-refractivity contribution is 5.77. The first kappa shape index (κ1) is 11.5. The van der Waals surface area contributed by atoms with Gasteiger partial charge in [-0.2, -0.15) is 0 Å². The Hall–Kier alpha value is -1.95. The third kappa shape index (κ3) is 2.79. The van der Waals surface area contributed by atoms with Gasteiger partial charge in [0.15, 0.2) is 0 Å². The molecule has 1 atom stereocenters. The molecule has 1 heterocycles. The zero-order chi connectivity index (χ0) is 12.3. The number of nitrogens with one attached hydrogen (secondary N) is 1. The first-order valence-corrected chi connectivity index (χ1v) is 5.30. The van der Waals surface area contributed by atoms with E-state index in [-0.39, 0.29) is 17.7 Å². The van der Waals surface area contributed by atoms with Crippen LogP contribution < -0.4 is 5.32 Å². The minimum atomic E-state index is -0.437. The van der Waals surface area contributed by atoms with Crippen LogP contribution in [0, 0.1) is 10.1 Å². The molecule has 1 aliphatic rings. The Kier molecular flexibility index (Phi) is 3.34. The van der Waals surface area contributed by atoms with E-state index in [1.807, 2.05) is 0 Å². The molecule has 1 fully saturated rings. The first-order chi connectivity index (χ1) is 8.16. The summed E-state index contributed by atoms with van der Waals surface area (Å²) in [6.07, 6.45) is 0.647. The normalized spacial score (nSPS) is 19.1. The number of cyclic esters (lactones) is 1. The lowest BCUT2D eigenvalue weighted by Gasteiger charge is -2.08. The van der Waals surface area contributed by atoms with Crippen molar-refractivity contribution in [2.45, 2.75) is 19.0 Å². The Labute approximate surface area is 97.7 Å². The Morgan fingerprint density at radius 1 is 1.53 bits per heavy atom. The van der Waals surface area contributed by atoms with Crippen LogP contribution in [0.25, 0.3) is 0 Å². The fraction of sp³-hybridized carbons (Fsp3) is 0.364. The number of carbonyl (C=O) groups excluding carboxylic acids is 1. The molecular formula is C11H12N2O4. The van der Waals surface area contributed by atoms with Crippen molar-refractivity contribution in [3.63, 3.8) is 0 Å². The highest BCUT2D eigenvalue weighted by Crippen LogP contribution is 2.14. The summed E-state index contributed by atoms with van der Waals surface area (Å²) in [6.45, 7) is 0.854. The summed E-state index contributed by atoms with van der Waals surface area (Å²) in [5.74, 6) is -0.254. The molecule has 1 saturated heterocycles. The molecule has 0 bridgehead atoms. The number of hydrogen-bond acceptors (Lipinski definition) is 5. The van der Waals surface area contributed by atoms with Gasteiger partial charge in [0.1, 0.15) is 6.04 Å². The maximum atomic E-state index is 11.2. The monoisotopic (exact) mass is 236 g/mol. The molecule has 0 amide bonds. The number of ether oxygens (including phenoxy) is 1. The van der Waals surface area contributed by atoms with Crippen LogP contribution in [0.1, 0.15) is 12.0 Å². The van der Waals surface area contributed by atoms with Gasteiger partial charge in [0.05, 0.1) is 11.5 Å². The maximum absolute atomic E-state index is 11.2. The predicted octanol–water partition coefficient (Wildman–Crippen LogP) is 1.000. The number of esters is 1. The van der Waals surface area contributed by atoms with Crippen LogP contribution in [0.3, 0.4) is 0 Å². The van der Waals surface area contributed by atoms with Crippen molar-refractivity contribution in [3.8, 4) is 0 Å². The summed E-state index contributed by atoms with van der Waals surface area (Å²) in [5, 5.41) is 13.6. The second-order valence-electron chi connectivity index (χ2n) is 3.82. The molecule has 0 spiro atoms. The molecular weight excluding hydrogens is 224 g/mol. The lowest BCUT2D eigenvalue weighted by atomic mass is 10.2. The van der Waals surface area contributed by atoms with Crippen molar-refractivity contribution in [1.82, 2.24) is 5.32 Å². The molecule has 1 N–H and O–H groups in total. The molecule has 0 radical (unpaired) electrons. The van der Waals surface area contributed by atoms with Crippen molar-refractivity contribution in [3.05, 3.63) is 39.9 Å². The van der Waals surface area contributed by atoms with Crippen LogP contribution in [0.5, 0.6) is 0 Å². The quantitative estimate of drug-likeness (QED) is 0.479. The minimum Gasteiger partial charge on any atom is -0.464 e. The van der Waals surface area contributed by atoms with Crippen molar-refractivity contribution in [2.24, 2.45) is 0 Å². The second-order valence-corrected chi connectivity index (χ2v) is 3.82. The highest BCUT2D eigenvalue weighted by atomic mass is 16.6. The molecule has 1 aromatic carbocycles. The SMILES string of the molecule is O=C1OCCC1NCc1cccc([N+](=O)[O-])c1. The van der Waals surface area contributed by atoms with Gasteiger partial charge in [-0.25, -0.2) is 0 Å². The zero-order valence-electron chi connectivity index (χ0n) is 9.09. The van der Waals surface area contributed by atoms with Crippen LogP contribution >= 0.6 is 0 Å². The van der Waals surface area contributed by atoms with Crippen LogP contribution in [0.4, 0.5) is 5.69 Å². The molecule has 1 aliphatic heterocycles. The molecule has 17 heavy (non-hydrogen) atoms. The molecule has 90 valence electrons. The number of non-ortho nitro benzene ring substituents is 1. The number of nitro groups is 1. The van der Waals surface area contributed by atoms with E-state index in [1.54, 1.807) is 12.1 Å². The van der Waals surface area contributed by atoms with Crippen LogP contribution in [-0.4, -0.2) is 23.5 Å². The number of carbonyl (C=O) groups is 1. The van der Waals surface area contributed by atoms with Gasteiger partial charge < -0.3 is 10.1 Å². The van der Waals surface area contributed by atoms with E-state index in [0.717, 1.165) is 5.56 Å². The van der Waals surface area contributed by atoms with E-state index in [0.29, 0.717) is 19.6 Å². The van der Waals surface area contributed by atoms with Crippen LogP contribution in [0.2, 0.25) is 0 Å². The van der Waals surface area contributed by atoms with E-state index in [9.17, 15) is 14.9 Å². The number of benzene rings is 1. The van der Waals surface area contributed by atoms with Crippen molar-refractivity contribution < 1.29 is 14.5 Å². The summed E-state index contributed by atoms with van der Waals surface area (Å²) in [4.78, 5) is 21.3. The largest absolute Gasteiger partial charge is 0.464 e. The number of rotatable bonds is 4. The third-order valence-corrected chi connectivity index (χ3v) is 2.61. The van der Waals surface area contributed by atoms with E-state index < -0.39 is 4.92 Å². The van der Waals surface area contributed by atoms with Gasteiger partial charge in [-0.05, 0) is 5.56 Å². The van der Waals surface area contributed by atoms with Gasteiger partial charge in [0, 0.05) is 25.1 Å². The predicted molar refractivity (Wildman–Crippen MR) is 59.3 cm³/mol. The third-order valence-electron chi connectivity index (χ3n) is 2.61. The van der Waals surface area contributed by atoms with Crippen LogP contribution in [-0.2, 0) is 16.1 Å². The van der Waals surface area contributed by atoms with Gasteiger partial charge in [0.2, 0.25) is 0 Å². The highest BCUT2D eigenvalue weighted by Gasteiger charge is 2.25. The van der Waals surface area contributed by atoms with Gasteiger partial charge in [-0.15, -0.1) is 0 Å². The van der Waals surface area contributed by atoms with Crippen LogP contribution in [0.15, 0.2) is 24.3 Å². The first-order valence-electron chi connectivity index (χ1n) is 5.30. The van der Waals surface area contributed by atoms with Gasteiger partial charge in [0.25, 0.3) is 5.69 Å². The topological polar surface area (TPSA) is 81.5 Å². The summed E-state index contributed by atoms with van der Waals surface area (Å²) in [6, 6.07) is 6.04. The molecule has 1 aromatic rings. The lowest BCUT2D eigenvalue weighted by Crippen LogP contribution is -2.32. The molecule has 0 aromatic heterocycles. The van der Waals surface area contributed by atoms with Crippen molar-refractivity contribution in [1.29, 1.82) is 0 Å². The van der Waals surface area contributed by atoms with E-state index in [1.165, 1.54) is 12.1 Å². The smallest absolute Gasteiger partial charge is 0.323 e. The average molecular weight is 236 g/mol. The molecule has 6 nitrogen and oxygen atoms in total. The standard InChI is InChI=1S/C11H12N2O4/c14-11-10(4-5-17-11)12-7-8-2-1-3-9(6-8)13(15)16/h1-3,6,10,12H,4-5,7H2. The van der Waals surface area contributed by atoms with E-state index in [4.69, 9.17) is 4.74 Å². The molecule has 0 saturated carbocycles. The Bertz CT molecular complexity index is 447. The van der Waals surface area contributed by atoms with Crippen molar-refractivity contribution >= 4 is 11.7 Å². The Morgan fingerprint density at radius 2 is 2.35 bits per heavy atom. The van der Waals surface area contributed by atoms with Gasteiger partial charge in [-0.1, -0.05) is 12.1 Å². The summed E-state index contributed by atoms with van der Waals surface area (Å²) < 4.78 is 4.81. The average Bonchev–Trinajstić information content (AvgIpc) is 2.72. The maximum Gasteiger partial charge on any atom is 0.323 e. The number of nitro benzene ring substituents is 1. The fourth-order valence-corrected chi connectivity index (χ4v) is 1.70. The number of nitrogens with zero attached hydrogens (tertiary/aromatic N) is 1. The summed E-state index contributed by atoms with van der Waals surface area (Å²) in [7, 11) is 0. The van der Waals surface area contributed by atoms with E-state index in [2.05, 4.69) is 5.32 Å². The summed E-state index contributed by atoms with van der Waals surface area (Å²) >= 11 is 0.